The van der Waals surface area contributed by atoms with Gasteiger partial charge in [0.05, 0.1) is 0 Å². The van der Waals surface area contributed by atoms with Crippen LogP contribution < -0.4 is 5.73 Å². The Hall–Kier alpha value is 0.303. The van der Waals surface area contributed by atoms with Gasteiger partial charge in [0.15, 0.2) is 4.90 Å². The quantitative estimate of drug-likeness (QED) is 0.343. The van der Waals surface area contributed by atoms with Gasteiger partial charge in [-0.15, -0.1) is 12.6 Å². The van der Waals surface area contributed by atoms with E-state index in [2.05, 4.69) is 12.6 Å². The SMILES string of the molecule is C[S+]([O-])c1ccc(S)c(N)c1.[Zn]. The average molecular weight is 253 g/mol. The molecule has 2 nitrogen and oxygen atoms in total. The first-order valence-corrected chi connectivity index (χ1v) is 5.03. The first kappa shape index (κ1) is 12.3. The summed E-state index contributed by atoms with van der Waals surface area (Å²) in [5.41, 5.74) is 6.12. The Morgan fingerprint density at radius 1 is 1.50 bits per heavy atom. The topological polar surface area (TPSA) is 49.1 Å². The second kappa shape index (κ2) is 5.12. The van der Waals surface area contributed by atoms with Crippen LogP contribution in [-0.4, -0.2) is 10.8 Å². The molecule has 1 unspecified atom stereocenters. The number of hydrogen-bond donors (Lipinski definition) is 2. The Morgan fingerprint density at radius 3 is 2.50 bits per heavy atom. The van der Waals surface area contributed by atoms with Crippen LogP contribution in [0.1, 0.15) is 0 Å². The van der Waals surface area contributed by atoms with E-state index in [0.717, 1.165) is 9.79 Å². The average Bonchev–Trinajstić information content (AvgIpc) is 1.94. The van der Waals surface area contributed by atoms with Gasteiger partial charge in [-0.2, -0.15) is 0 Å². The predicted octanol–water partition coefficient (Wildman–Crippen LogP) is 1.29. The third-order valence-corrected chi connectivity index (χ3v) is 2.66. The molecule has 1 aromatic carbocycles. The molecule has 0 amide bonds. The summed E-state index contributed by atoms with van der Waals surface area (Å²) in [6.45, 7) is 0. The third kappa shape index (κ3) is 2.98. The van der Waals surface area contributed by atoms with Crippen molar-refractivity contribution in [2.45, 2.75) is 9.79 Å². The molecule has 0 aliphatic rings. The Labute approximate surface area is 93.3 Å². The van der Waals surface area contributed by atoms with Gasteiger partial charge in [0, 0.05) is 36.1 Å². The van der Waals surface area contributed by atoms with Gasteiger partial charge in [-0.3, -0.25) is 0 Å². The van der Waals surface area contributed by atoms with Crippen molar-refractivity contribution in [1.29, 1.82) is 0 Å². The van der Waals surface area contributed by atoms with Gasteiger partial charge in [0.25, 0.3) is 0 Å². The van der Waals surface area contributed by atoms with E-state index in [4.69, 9.17) is 5.73 Å². The van der Waals surface area contributed by atoms with Gasteiger partial charge in [-0.25, -0.2) is 0 Å². The van der Waals surface area contributed by atoms with E-state index >= 15 is 0 Å². The maximum atomic E-state index is 10.9. The Kier molecular flexibility index (Phi) is 5.25. The molecule has 62 valence electrons. The molecule has 2 N–H and O–H groups in total. The van der Waals surface area contributed by atoms with Crippen molar-refractivity contribution in [3.63, 3.8) is 0 Å². The fourth-order valence-electron chi connectivity index (χ4n) is 0.711. The fraction of sp³-hybridized carbons (Fsp3) is 0.143. The number of thiol groups is 1. The molecule has 1 aromatic rings. The molecule has 1 rings (SSSR count). The van der Waals surface area contributed by atoms with Crippen molar-refractivity contribution in [3.8, 4) is 0 Å². The molecule has 0 heterocycles. The largest absolute Gasteiger partial charge is 0.612 e. The minimum absolute atomic E-state index is 0. The number of nitrogens with two attached hydrogens (primary N) is 1. The van der Waals surface area contributed by atoms with Gasteiger partial charge in [-0.05, 0) is 23.3 Å². The third-order valence-electron chi connectivity index (χ3n) is 1.33. The smallest absolute Gasteiger partial charge is 0.154 e. The fourth-order valence-corrected chi connectivity index (χ4v) is 1.40. The van der Waals surface area contributed by atoms with E-state index in [1.807, 2.05) is 0 Å². The first-order chi connectivity index (χ1) is 5.11. The first-order valence-electron chi connectivity index (χ1n) is 3.03. The molecule has 0 bridgehead atoms. The van der Waals surface area contributed by atoms with Crippen molar-refractivity contribution in [1.82, 2.24) is 0 Å². The molecule has 5 heteroatoms. The molecule has 0 saturated heterocycles. The van der Waals surface area contributed by atoms with E-state index in [9.17, 15) is 4.55 Å². The Morgan fingerprint density at radius 2 is 2.08 bits per heavy atom. The molecule has 0 fully saturated rings. The van der Waals surface area contributed by atoms with Gasteiger partial charge >= 0.3 is 0 Å². The molecule has 0 radical (unpaired) electrons. The molecule has 0 aliphatic heterocycles. The number of hydrogen-bond acceptors (Lipinski definition) is 3. The van der Waals surface area contributed by atoms with Crippen LogP contribution in [-0.2, 0) is 30.7 Å². The van der Waals surface area contributed by atoms with Gasteiger partial charge in [0.1, 0.15) is 6.26 Å². The van der Waals surface area contributed by atoms with Gasteiger partial charge < -0.3 is 10.3 Å². The summed E-state index contributed by atoms with van der Waals surface area (Å²) >= 11 is 3.13. The summed E-state index contributed by atoms with van der Waals surface area (Å²) in [6, 6.07) is 5.18. The standard InChI is InChI=1S/C7H9NOS2.Zn/c1-11(9)5-2-3-7(10)6(8)4-5;/h2-4,10H,8H2,1H3;. The number of anilines is 1. The van der Waals surface area contributed by atoms with Crippen LogP contribution in [0.25, 0.3) is 0 Å². The normalized spacial score (nSPS) is 11.9. The van der Waals surface area contributed by atoms with Crippen molar-refractivity contribution < 1.29 is 24.0 Å². The monoisotopic (exact) mass is 251 g/mol. The maximum Gasteiger partial charge on any atom is 0.154 e. The van der Waals surface area contributed by atoms with Crippen molar-refractivity contribution >= 4 is 29.5 Å². The van der Waals surface area contributed by atoms with E-state index in [-0.39, 0.29) is 19.5 Å². The summed E-state index contributed by atoms with van der Waals surface area (Å²) in [5.74, 6) is 0. The van der Waals surface area contributed by atoms with Crippen LogP contribution in [0, 0.1) is 0 Å². The molecule has 0 aliphatic carbocycles. The van der Waals surface area contributed by atoms with E-state index in [1.165, 1.54) is 0 Å². The zero-order valence-electron chi connectivity index (χ0n) is 6.78. The molecular formula is C7H9NOS2Zn. The Balaban J connectivity index is 0.00000121. The summed E-state index contributed by atoms with van der Waals surface area (Å²) < 4.78 is 10.9. The van der Waals surface area contributed by atoms with Crippen LogP contribution in [0.2, 0.25) is 0 Å². The zero-order valence-corrected chi connectivity index (χ0v) is 11.5. The van der Waals surface area contributed by atoms with Crippen LogP contribution in [0.5, 0.6) is 0 Å². The molecular weight excluding hydrogens is 244 g/mol. The summed E-state index contributed by atoms with van der Waals surface area (Å²) in [4.78, 5) is 1.46. The van der Waals surface area contributed by atoms with Crippen molar-refractivity contribution in [2.75, 3.05) is 12.0 Å². The summed E-state index contributed by atoms with van der Waals surface area (Å²) in [6.07, 6.45) is 1.62. The molecule has 1 atom stereocenters. The van der Waals surface area contributed by atoms with Gasteiger partial charge in [0.2, 0.25) is 0 Å². The molecule has 0 spiro atoms. The second-order valence-corrected chi connectivity index (χ2v) is 4.04. The predicted molar refractivity (Wildman–Crippen MR) is 50.4 cm³/mol. The zero-order chi connectivity index (χ0) is 8.43. The number of benzene rings is 1. The van der Waals surface area contributed by atoms with Crippen LogP contribution in [0.15, 0.2) is 28.0 Å². The van der Waals surface area contributed by atoms with Gasteiger partial charge in [-0.1, -0.05) is 0 Å². The van der Waals surface area contributed by atoms with E-state index in [1.54, 1.807) is 24.5 Å². The summed E-state index contributed by atoms with van der Waals surface area (Å²) in [7, 11) is 0. The van der Waals surface area contributed by atoms with Crippen LogP contribution in [0.3, 0.4) is 0 Å². The minimum Gasteiger partial charge on any atom is -0.612 e. The minimum atomic E-state index is -0.961. The molecule has 0 aromatic heterocycles. The van der Waals surface area contributed by atoms with Crippen molar-refractivity contribution in [2.24, 2.45) is 0 Å². The summed E-state index contributed by atoms with van der Waals surface area (Å²) in [5, 5.41) is 0. The molecule has 12 heavy (non-hydrogen) atoms. The molecule has 0 saturated carbocycles. The van der Waals surface area contributed by atoms with Crippen LogP contribution in [0.4, 0.5) is 5.69 Å². The maximum absolute atomic E-state index is 10.9. The van der Waals surface area contributed by atoms with Crippen molar-refractivity contribution in [3.05, 3.63) is 18.2 Å². The van der Waals surface area contributed by atoms with Crippen LogP contribution >= 0.6 is 12.6 Å². The second-order valence-electron chi connectivity index (χ2n) is 2.17. The van der Waals surface area contributed by atoms with E-state index in [0.29, 0.717) is 5.69 Å². The Bertz CT molecular complexity index is 268. The number of rotatable bonds is 1. The van der Waals surface area contributed by atoms with E-state index < -0.39 is 11.2 Å². The number of nitrogen functional groups attached to an aromatic ring is 1.